The lowest BCUT2D eigenvalue weighted by molar-refractivity contribution is -0.123. The smallest absolute Gasteiger partial charge is 0.243 e. The number of hydrogen-bond donors (Lipinski definition) is 2. The van der Waals surface area contributed by atoms with E-state index in [1.54, 1.807) is 24.3 Å². The fraction of sp³-hybridized carbons (Fsp3) is 0.632. The number of carbonyl (C=O) groups excluding carboxylic acids is 1. The van der Waals surface area contributed by atoms with Gasteiger partial charge >= 0.3 is 0 Å². The van der Waals surface area contributed by atoms with Crippen LogP contribution < -0.4 is 10.6 Å². The molecule has 1 saturated carbocycles. The Labute approximate surface area is 156 Å². The van der Waals surface area contributed by atoms with E-state index in [2.05, 4.69) is 10.6 Å². The number of benzene rings is 1. The molecule has 1 unspecified atom stereocenters. The first-order chi connectivity index (χ1) is 12.4. The molecule has 0 bridgehead atoms. The second kappa shape index (κ2) is 7.66. The predicted molar refractivity (Wildman–Crippen MR) is 101 cm³/mol. The minimum atomic E-state index is -3.43. The summed E-state index contributed by atoms with van der Waals surface area (Å²) in [5.74, 6) is 0.277. The zero-order valence-electron chi connectivity index (χ0n) is 15.6. The maximum atomic E-state index is 12.5. The fourth-order valence-corrected chi connectivity index (χ4v) is 5.46. The van der Waals surface area contributed by atoms with Crippen LogP contribution in [0.1, 0.15) is 38.7 Å². The van der Waals surface area contributed by atoms with Crippen molar-refractivity contribution in [3.63, 3.8) is 0 Å². The van der Waals surface area contributed by atoms with Gasteiger partial charge in [0.05, 0.1) is 4.90 Å². The van der Waals surface area contributed by atoms with Crippen molar-refractivity contribution in [2.45, 2.75) is 44.6 Å². The summed E-state index contributed by atoms with van der Waals surface area (Å²) < 4.78 is 26.4. The van der Waals surface area contributed by atoms with Crippen molar-refractivity contribution in [2.24, 2.45) is 11.3 Å². The average Bonchev–Trinajstić information content (AvgIpc) is 3.34. The zero-order chi connectivity index (χ0) is 18.8. The molecule has 1 aliphatic heterocycles. The Morgan fingerprint density at radius 1 is 1.19 bits per heavy atom. The highest BCUT2D eigenvalue weighted by Crippen LogP contribution is 2.58. The van der Waals surface area contributed by atoms with Crippen LogP contribution in [-0.4, -0.2) is 44.8 Å². The second-order valence-electron chi connectivity index (χ2n) is 7.32. The third-order valence-corrected chi connectivity index (χ3v) is 7.90. The van der Waals surface area contributed by atoms with Gasteiger partial charge in [-0.1, -0.05) is 26.0 Å². The van der Waals surface area contributed by atoms with Crippen LogP contribution in [0, 0.1) is 11.3 Å². The Hall–Kier alpha value is -1.44. The number of nitrogens with zero attached hydrogens (tertiary/aromatic N) is 1. The summed E-state index contributed by atoms with van der Waals surface area (Å²) in [7, 11) is -3.43. The van der Waals surface area contributed by atoms with Gasteiger partial charge in [0.25, 0.3) is 0 Å². The highest BCUT2D eigenvalue weighted by atomic mass is 32.2. The number of amides is 1. The van der Waals surface area contributed by atoms with Crippen molar-refractivity contribution in [1.82, 2.24) is 14.9 Å². The van der Waals surface area contributed by atoms with E-state index in [0.29, 0.717) is 24.5 Å². The molecule has 7 heteroatoms. The summed E-state index contributed by atoms with van der Waals surface area (Å²) in [6.07, 6.45) is 3.17. The van der Waals surface area contributed by atoms with Gasteiger partial charge in [0, 0.05) is 25.6 Å². The number of sulfonamides is 1. The van der Waals surface area contributed by atoms with Crippen LogP contribution in [0.25, 0.3) is 0 Å². The van der Waals surface area contributed by atoms with Gasteiger partial charge in [-0.15, -0.1) is 0 Å². The van der Waals surface area contributed by atoms with Gasteiger partial charge in [0.1, 0.15) is 0 Å². The van der Waals surface area contributed by atoms with E-state index in [-0.39, 0.29) is 17.2 Å². The molecule has 26 heavy (non-hydrogen) atoms. The van der Waals surface area contributed by atoms with Crippen molar-refractivity contribution < 1.29 is 13.2 Å². The molecule has 1 atom stereocenters. The van der Waals surface area contributed by atoms with Crippen molar-refractivity contribution in [3.8, 4) is 0 Å². The molecular formula is C19H29N3O3S. The molecule has 2 fully saturated rings. The van der Waals surface area contributed by atoms with Crippen LogP contribution >= 0.6 is 0 Å². The normalized spacial score (nSPS) is 21.7. The number of carbonyl (C=O) groups is 1. The molecule has 1 heterocycles. The molecule has 1 aromatic carbocycles. The van der Waals surface area contributed by atoms with Crippen LogP contribution in [0.2, 0.25) is 0 Å². The van der Waals surface area contributed by atoms with Gasteiger partial charge in [-0.05, 0) is 55.5 Å². The summed E-state index contributed by atoms with van der Waals surface area (Å²) in [6.45, 7) is 7.02. The van der Waals surface area contributed by atoms with Crippen LogP contribution in [-0.2, 0) is 21.4 Å². The average molecular weight is 380 g/mol. The molecule has 0 radical (unpaired) electrons. The lowest BCUT2D eigenvalue weighted by Gasteiger charge is -2.23. The highest BCUT2D eigenvalue weighted by molar-refractivity contribution is 7.89. The lowest BCUT2D eigenvalue weighted by Crippen LogP contribution is -2.33. The Bertz CT molecular complexity index is 736. The Morgan fingerprint density at radius 2 is 1.81 bits per heavy atom. The summed E-state index contributed by atoms with van der Waals surface area (Å²) in [6, 6.07) is 6.81. The number of piperidine rings is 1. The first-order valence-corrected chi connectivity index (χ1v) is 10.9. The van der Waals surface area contributed by atoms with Crippen molar-refractivity contribution in [3.05, 3.63) is 29.8 Å². The van der Waals surface area contributed by atoms with Crippen molar-refractivity contribution >= 4 is 15.9 Å². The molecule has 6 nitrogen and oxygen atoms in total. The largest absolute Gasteiger partial charge is 0.352 e. The van der Waals surface area contributed by atoms with E-state index in [4.69, 9.17) is 0 Å². The molecule has 1 aliphatic carbocycles. The minimum absolute atomic E-state index is 0.131. The summed E-state index contributed by atoms with van der Waals surface area (Å²) >= 11 is 0. The summed E-state index contributed by atoms with van der Waals surface area (Å²) in [5.41, 5.74) is 1.15. The van der Waals surface area contributed by atoms with Gasteiger partial charge in [0.2, 0.25) is 15.9 Å². The van der Waals surface area contributed by atoms with E-state index < -0.39 is 10.0 Å². The minimum Gasteiger partial charge on any atom is -0.352 e. The molecular weight excluding hydrogens is 350 g/mol. The molecule has 0 aromatic heterocycles. The first kappa shape index (κ1) is 19.3. The van der Waals surface area contributed by atoms with Crippen molar-refractivity contribution in [1.29, 1.82) is 0 Å². The zero-order valence-corrected chi connectivity index (χ0v) is 16.4. The summed E-state index contributed by atoms with van der Waals surface area (Å²) in [4.78, 5) is 12.7. The molecule has 1 amide bonds. The van der Waals surface area contributed by atoms with E-state index in [1.165, 1.54) is 4.31 Å². The number of hydrogen-bond acceptors (Lipinski definition) is 4. The first-order valence-electron chi connectivity index (χ1n) is 9.50. The number of nitrogens with one attached hydrogen (secondary N) is 2. The Kier molecular flexibility index (Phi) is 5.69. The maximum Gasteiger partial charge on any atom is 0.243 e. The van der Waals surface area contributed by atoms with Crippen LogP contribution in [0.4, 0.5) is 0 Å². The topological polar surface area (TPSA) is 78.5 Å². The SMILES string of the molecule is CCN(CC)S(=O)(=O)c1ccc(CNC(=O)C2CC23CCNCC3)cc1. The molecule has 1 saturated heterocycles. The monoisotopic (exact) mass is 379 g/mol. The fourth-order valence-electron chi connectivity index (χ4n) is 4.00. The van der Waals surface area contributed by atoms with E-state index >= 15 is 0 Å². The Balaban J connectivity index is 1.56. The standard InChI is InChI=1S/C19H29N3O3S/c1-3-22(4-2)26(24,25)16-7-5-15(6-8-16)14-21-18(23)17-13-19(17)9-11-20-12-10-19/h5-8,17,20H,3-4,9-14H2,1-2H3,(H,21,23). The highest BCUT2D eigenvalue weighted by Gasteiger charge is 2.57. The predicted octanol–water partition coefficient (Wildman–Crippen LogP) is 1.72. The van der Waals surface area contributed by atoms with Crippen molar-refractivity contribution in [2.75, 3.05) is 26.2 Å². The van der Waals surface area contributed by atoms with Gasteiger partial charge in [0.15, 0.2) is 0 Å². The van der Waals surface area contributed by atoms with Crippen LogP contribution in [0.15, 0.2) is 29.2 Å². The third kappa shape index (κ3) is 3.80. The summed E-state index contributed by atoms with van der Waals surface area (Å²) in [5, 5.41) is 6.36. The Morgan fingerprint density at radius 3 is 2.38 bits per heavy atom. The van der Waals surface area contributed by atoms with E-state index in [9.17, 15) is 13.2 Å². The molecule has 1 spiro atoms. The van der Waals surface area contributed by atoms with Gasteiger partial charge in [-0.3, -0.25) is 4.79 Å². The molecule has 2 N–H and O–H groups in total. The maximum absolute atomic E-state index is 12.5. The lowest BCUT2D eigenvalue weighted by atomic mass is 9.92. The van der Waals surface area contributed by atoms with E-state index in [1.807, 2.05) is 13.8 Å². The third-order valence-electron chi connectivity index (χ3n) is 5.84. The molecule has 3 rings (SSSR count). The molecule has 1 aromatic rings. The second-order valence-corrected chi connectivity index (χ2v) is 9.26. The van der Waals surface area contributed by atoms with Crippen LogP contribution in [0.5, 0.6) is 0 Å². The van der Waals surface area contributed by atoms with Gasteiger partial charge in [-0.25, -0.2) is 8.42 Å². The molecule has 144 valence electrons. The number of rotatable bonds is 7. The van der Waals surface area contributed by atoms with Crippen LogP contribution in [0.3, 0.4) is 0 Å². The molecule has 2 aliphatic rings. The quantitative estimate of drug-likeness (QED) is 0.756. The van der Waals surface area contributed by atoms with E-state index in [0.717, 1.165) is 37.9 Å². The van der Waals surface area contributed by atoms with Gasteiger partial charge in [-0.2, -0.15) is 4.31 Å². The van der Waals surface area contributed by atoms with Gasteiger partial charge < -0.3 is 10.6 Å².